The molecule has 2 aliphatic carbocycles. The summed E-state index contributed by atoms with van der Waals surface area (Å²) in [5.41, 5.74) is 0. The Bertz CT molecular complexity index is 104. The maximum absolute atomic E-state index is 2.65. The van der Waals surface area contributed by atoms with E-state index in [9.17, 15) is 0 Å². The molecule has 0 aromatic carbocycles. The van der Waals surface area contributed by atoms with Crippen LogP contribution in [0.1, 0.15) is 26.2 Å². The molecule has 4 unspecified atom stereocenters. The Morgan fingerprint density at radius 1 is 1.22 bits per heavy atom. The number of rotatable bonds is 0. The summed E-state index contributed by atoms with van der Waals surface area (Å²) in [6, 6.07) is 0. The van der Waals surface area contributed by atoms with E-state index in [0.29, 0.717) is 0 Å². The van der Waals surface area contributed by atoms with Gasteiger partial charge in [0.05, 0.1) is 0 Å². The van der Waals surface area contributed by atoms with Crippen LogP contribution in [0.15, 0.2) is 0 Å². The van der Waals surface area contributed by atoms with Crippen LogP contribution >= 0.6 is 22.6 Å². The number of alkyl halides is 1. The van der Waals surface area contributed by atoms with Crippen LogP contribution in [0.4, 0.5) is 0 Å². The highest BCUT2D eigenvalue weighted by Crippen LogP contribution is 2.51. The molecule has 0 aromatic heterocycles. The third-order valence-electron chi connectivity index (χ3n) is 3.21. The Hall–Kier alpha value is 0.730. The minimum Gasteiger partial charge on any atom is -0.0820 e. The van der Waals surface area contributed by atoms with E-state index in [4.69, 9.17) is 0 Å². The predicted molar refractivity (Wildman–Crippen MR) is 47.8 cm³/mol. The van der Waals surface area contributed by atoms with E-state index in [1.807, 2.05) is 0 Å². The van der Waals surface area contributed by atoms with Crippen molar-refractivity contribution in [3.8, 4) is 0 Å². The Balaban J connectivity index is 2.15. The fourth-order valence-electron chi connectivity index (χ4n) is 2.51. The molecule has 2 bridgehead atoms. The van der Waals surface area contributed by atoms with Crippen LogP contribution in [0, 0.1) is 17.8 Å². The molecule has 2 aliphatic rings. The fraction of sp³-hybridized carbons (Fsp3) is 1.00. The molecule has 0 amide bonds. The Kier molecular flexibility index (Phi) is 1.51. The van der Waals surface area contributed by atoms with Gasteiger partial charge in [-0.25, -0.2) is 0 Å². The number of fused-ring (bicyclic) bond motifs is 2. The molecule has 0 heterocycles. The van der Waals surface area contributed by atoms with E-state index >= 15 is 0 Å². The smallest absolute Gasteiger partial charge is 0.0166 e. The molecule has 4 atom stereocenters. The molecule has 0 N–H and O–H groups in total. The lowest BCUT2D eigenvalue weighted by molar-refractivity contribution is 0.380. The van der Waals surface area contributed by atoms with Crippen molar-refractivity contribution in [2.75, 3.05) is 0 Å². The highest BCUT2D eigenvalue weighted by atomic mass is 127. The molecule has 9 heavy (non-hydrogen) atoms. The van der Waals surface area contributed by atoms with E-state index in [1.54, 1.807) is 6.42 Å². The van der Waals surface area contributed by atoms with E-state index in [0.717, 1.165) is 21.7 Å². The number of hydrogen-bond acceptors (Lipinski definition) is 0. The van der Waals surface area contributed by atoms with Crippen LogP contribution in [0.5, 0.6) is 0 Å². The van der Waals surface area contributed by atoms with E-state index < -0.39 is 0 Å². The lowest BCUT2D eigenvalue weighted by atomic mass is 9.91. The lowest BCUT2D eigenvalue weighted by Gasteiger charge is -2.22. The molecule has 52 valence electrons. The molecule has 2 rings (SSSR count). The van der Waals surface area contributed by atoms with Crippen LogP contribution in [0.25, 0.3) is 0 Å². The zero-order valence-electron chi connectivity index (χ0n) is 5.81. The molecule has 2 fully saturated rings. The van der Waals surface area contributed by atoms with Crippen LogP contribution < -0.4 is 0 Å². The molecular formula is C8H13I. The number of hydrogen-bond donors (Lipinski definition) is 0. The zero-order chi connectivity index (χ0) is 6.43. The summed E-state index contributed by atoms with van der Waals surface area (Å²) in [4.78, 5) is 0. The lowest BCUT2D eigenvalue weighted by Crippen LogP contribution is -2.18. The van der Waals surface area contributed by atoms with E-state index in [2.05, 4.69) is 29.5 Å². The molecule has 0 saturated heterocycles. The second-order valence-electron chi connectivity index (χ2n) is 3.64. The first-order chi connectivity index (χ1) is 4.29. The van der Waals surface area contributed by atoms with Crippen LogP contribution in [-0.4, -0.2) is 3.92 Å². The van der Waals surface area contributed by atoms with Gasteiger partial charge in [0.1, 0.15) is 0 Å². The average Bonchev–Trinajstić information content (AvgIpc) is 2.37. The van der Waals surface area contributed by atoms with Gasteiger partial charge in [-0.3, -0.25) is 0 Å². The summed E-state index contributed by atoms with van der Waals surface area (Å²) in [7, 11) is 0. The van der Waals surface area contributed by atoms with Crippen molar-refractivity contribution < 1.29 is 0 Å². The molecule has 1 heteroatoms. The van der Waals surface area contributed by atoms with Crippen molar-refractivity contribution in [3.05, 3.63) is 0 Å². The summed E-state index contributed by atoms with van der Waals surface area (Å²) < 4.78 is 1.02. The van der Waals surface area contributed by atoms with Gasteiger partial charge < -0.3 is 0 Å². The first-order valence-electron chi connectivity index (χ1n) is 3.93. The molecular weight excluding hydrogens is 223 g/mol. The van der Waals surface area contributed by atoms with E-state index in [-0.39, 0.29) is 0 Å². The number of halogens is 1. The fourth-order valence-corrected chi connectivity index (χ4v) is 3.75. The van der Waals surface area contributed by atoms with Crippen LogP contribution in [-0.2, 0) is 0 Å². The third kappa shape index (κ3) is 0.837. The van der Waals surface area contributed by atoms with E-state index in [1.165, 1.54) is 12.8 Å². The standard InChI is InChI=1S/C8H13I/c1-5-6-2-3-7(4-6)8(5)9/h5-8H,2-4H2,1H3. The average molecular weight is 236 g/mol. The Morgan fingerprint density at radius 3 is 2.22 bits per heavy atom. The summed E-state index contributed by atoms with van der Waals surface area (Å²) in [6.45, 7) is 2.43. The molecule has 0 radical (unpaired) electrons. The largest absolute Gasteiger partial charge is 0.0820 e. The van der Waals surface area contributed by atoms with Gasteiger partial charge in [-0.1, -0.05) is 29.5 Å². The van der Waals surface area contributed by atoms with Gasteiger partial charge in [-0.2, -0.15) is 0 Å². The highest BCUT2D eigenvalue weighted by Gasteiger charge is 2.43. The molecule has 0 nitrogen and oxygen atoms in total. The minimum absolute atomic E-state index is 1.02. The van der Waals surface area contributed by atoms with Gasteiger partial charge >= 0.3 is 0 Å². The van der Waals surface area contributed by atoms with Crippen LogP contribution in [0.3, 0.4) is 0 Å². The highest BCUT2D eigenvalue weighted by molar-refractivity contribution is 14.1. The van der Waals surface area contributed by atoms with Crippen molar-refractivity contribution in [3.63, 3.8) is 0 Å². The van der Waals surface area contributed by atoms with Gasteiger partial charge in [-0.05, 0) is 37.0 Å². The SMILES string of the molecule is CC1C2CCC(C2)C1I. The van der Waals surface area contributed by atoms with Gasteiger partial charge in [-0.15, -0.1) is 0 Å². The quantitative estimate of drug-likeness (QED) is 0.448. The summed E-state index contributed by atoms with van der Waals surface area (Å²) in [6.07, 6.45) is 4.61. The molecule has 0 aliphatic heterocycles. The molecule has 0 aromatic rings. The van der Waals surface area contributed by atoms with Gasteiger partial charge in [0.2, 0.25) is 0 Å². The Morgan fingerprint density at radius 2 is 1.89 bits per heavy atom. The van der Waals surface area contributed by atoms with Gasteiger partial charge in [0, 0.05) is 3.92 Å². The second-order valence-corrected chi connectivity index (χ2v) is 5.08. The topological polar surface area (TPSA) is 0 Å². The van der Waals surface area contributed by atoms with Crippen LogP contribution in [0.2, 0.25) is 0 Å². The maximum atomic E-state index is 2.65. The molecule has 0 spiro atoms. The predicted octanol–water partition coefficient (Wildman–Crippen LogP) is 2.86. The van der Waals surface area contributed by atoms with Crippen molar-refractivity contribution in [2.45, 2.75) is 30.1 Å². The van der Waals surface area contributed by atoms with Crippen molar-refractivity contribution in [1.29, 1.82) is 0 Å². The summed E-state index contributed by atoms with van der Waals surface area (Å²) >= 11 is 2.65. The molecule has 2 saturated carbocycles. The van der Waals surface area contributed by atoms with Gasteiger partial charge in [0.25, 0.3) is 0 Å². The van der Waals surface area contributed by atoms with Gasteiger partial charge in [0.15, 0.2) is 0 Å². The zero-order valence-corrected chi connectivity index (χ0v) is 7.97. The first kappa shape index (κ1) is 6.44. The normalized spacial score (nSPS) is 56.7. The maximum Gasteiger partial charge on any atom is 0.0166 e. The summed E-state index contributed by atoms with van der Waals surface area (Å²) in [5, 5.41) is 0. The summed E-state index contributed by atoms with van der Waals surface area (Å²) in [5.74, 6) is 3.24. The Labute approximate surface area is 70.5 Å². The van der Waals surface area contributed by atoms with Crippen molar-refractivity contribution in [1.82, 2.24) is 0 Å². The first-order valence-corrected chi connectivity index (χ1v) is 5.17. The monoisotopic (exact) mass is 236 g/mol. The minimum atomic E-state index is 1.02. The second kappa shape index (κ2) is 2.11. The van der Waals surface area contributed by atoms with Crippen molar-refractivity contribution in [2.24, 2.45) is 17.8 Å². The third-order valence-corrected chi connectivity index (χ3v) is 5.36. The van der Waals surface area contributed by atoms with Crippen molar-refractivity contribution >= 4 is 22.6 Å².